The fourth-order valence-corrected chi connectivity index (χ4v) is 2.51. The van der Waals surface area contributed by atoms with Crippen molar-refractivity contribution in [2.24, 2.45) is 0 Å². The zero-order valence-corrected chi connectivity index (χ0v) is 12.1. The Labute approximate surface area is 119 Å². The number of aryl methyl sites for hydroxylation is 1. The van der Waals surface area contributed by atoms with Crippen molar-refractivity contribution in [3.05, 3.63) is 28.7 Å². The van der Waals surface area contributed by atoms with Gasteiger partial charge in [-0.05, 0) is 26.5 Å². The van der Waals surface area contributed by atoms with Crippen molar-refractivity contribution in [3.8, 4) is 0 Å². The van der Waals surface area contributed by atoms with E-state index in [4.69, 9.17) is 4.74 Å². The summed E-state index contributed by atoms with van der Waals surface area (Å²) in [5.41, 5.74) is 0.577. The van der Waals surface area contributed by atoms with E-state index >= 15 is 0 Å². The number of pyridine rings is 1. The van der Waals surface area contributed by atoms with Gasteiger partial charge in [0.1, 0.15) is 0 Å². The maximum absolute atomic E-state index is 12.3. The number of amides is 1. The monoisotopic (exact) mass is 281 g/mol. The van der Waals surface area contributed by atoms with Gasteiger partial charge in [0.2, 0.25) is 5.91 Å². The van der Waals surface area contributed by atoms with Gasteiger partial charge in [0, 0.05) is 33.9 Å². The number of rotatable bonds is 4. The van der Waals surface area contributed by atoms with Crippen molar-refractivity contribution in [1.29, 1.82) is 0 Å². The summed E-state index contributed by atoms with van der Waals surface area (Å²) in [5.74, 6) is -0.0617. The van der Waals surface area contributed by atoms with Crippen LogP contribution < -0.4 is 10.9 Å². The Morgan fingerprint density at radius 1 is 1.55 bits per heavy atom. The Balaban J connectivity index is 0.00000220. The number of likely N-dealkylation sites (tertiary alicyclic amines) is 1. The average molecular weight is 281 g/mol. The first kappa shape index (κ1) is 14.7. The van der Waals surface area contributed by atoms with Gasteiger partial charge in [-0.25, -0.2) is 0 Å². The molecule has 2 atom stereocenters. The number of ether oxygens (including phenoxy) is 1. The Morgan fingerprint density at radius 2 is 2.30 bits per heavy atom. The fourth-order valence-electron chi connectivity index (χ4n) is 2.51. The zero-order valence-electron chi connectivity index (χ0n) is 12.1. The summed E-state index contributed by atoms with van der Waals surface area (Å²) in [7, 11) is 3.58. The van der Waals surface area contributed by atoms with Crippen LogP contribution in [-0.2, 0) is 16.1 Å². The highest BCUT2D eigenvalue weighted by atomic mass is 16.5. The summed E-state index contributed by atoms with van der Waals surface area (Å²) in [6.45, 7) is 3.22. The van der Waals surface area contributed by atoms with E-state index in [0.29, 0.717) is 18.7 Å². The van der Waals surface area contributed by atoms with Crippen LogP contribution in [0.25, 0.3) is 0 Å². The number of methoxy groups -OCH3 is 1. The maximum atomic E-state index is 12.3. The smallest absolute Gasteiger partial charge is 0.250 e. The molecule has 2 rings (SSSR count). The van der Waals surface area contributed by atoms with Gasteiger partial charge in [-0.1, -0.05) is 0 Å². The second-order valence-corrected chi connectivity index (χ2v) is 5.08. The molecule has 112 valence electrons. The molecule has 0 aliphatic carbocycles. The predicted octanol–water partition coefficient (Wildman–Crippen LogP) is 0.772. The van der Waals surface area contributed by atoms with Crippen LogP contribution in [0, 0.1) is 0 Å². The molecule has 1 aliphatic heterocycles. The molecule has 1 amide bonds. The van der Waals surface area contributed by atoms with Gasteiger partial charge in [-0.2, -0.15) is 0 Å². The lowest BCUT2D eigenvalue weighted by atomic mass is 10.2. The largest absolute Gasteiger partial charge is 0.380 e. The molecule has 0 radical (unpaired) electrons. The second kappa shape index (κ2) is 6.19. The third-order valence-electron chi connectivity index (χ3n) is 3.74. The molecule has 6 heteroatoms. The van der Waals surface area contributed by atoms with Crippen molar-refractivity contribution < 1.29 is 11.0 Å². The zero-order chi connectivity index (χ0) is 14.7. The first-order valence-corrected chi connectivity index (χ1v) is 6.79. The molecular weight excluding hydrogens is 258 g/mol. The number of nitrogens with one attached hydrogen (secondary N) is 1. The van der Waals surface area contributed by atoms with E-state index < -0.39 is 0 Å². The molecule has 1 fully saturated rings. The topological polar surface area (TPSA) is 63.6 Å². The summed E-state index contributed by atoms with van der Waals surface area (Å²) in [6.07, 6.45) is 2.45. The highest BCUT2D eigenvalue weighted by molar-refractivity contribution is 5.94. The lowest BCUT2D eigenvalue weighted by Gasteiger charge is -2.18. The first-order chi connectivity index (χ1) is 9.55. The Hall–Kier alpha value is -1.66. The van der Waals surface area contributed by atoms with E-state index in [1.54, 1.807) is 23.9 Å². The normalized spacial score (nSPS) is 22.9. The van der Waals surface area contributed by atoms with Crippen LogP contribution in [0.15, 0.2) is 23.1 Å². The van der Waals surface area contributed by atoms with E-state index in [0.717, 1.165) is 6.54 Å². The van der Waals surface area contributed by atoms with E-state index in [9.17, 15) is 9.59 Å². The lowest BCUT2D eigenvalue weighted by Crippen LogP contribution is -2.37. The first-order valence-electron chi connectivity index (χ1n) is 6.79. The predicted molar refractivity (Wildman–Crippen MR) is 79.0 cm³/mol. The molecule has 1 saturated heterocycles. The molecule has 1 N–H and O–H groups in total. The van der Waals surface area contributed by atoms with Gasteiger partial charge in [-0.3, -0.25) is 14.5 Å². The van der Waals surface area contributed by atoms with Gasteiger partial charge in [0.25, 0.3) is 5.56 Å². The molecule has 0 bridgehead atoms. The summed E-state index contributed by atoms with van der Waals surface area (Å²) in [4.78, 5) is 25.8. The van der Waals surface area contributed by atoms with E-state index in [-0.39, 0.29) is 25.0 Å². The number of carbonyl (C=O) groups excluding carboxylic acids is 1. The minimum absolute atomic E-state index is 0. The number of nitrogens with zero attached hydrogens (tertiary/aromatic N) is 2. The van der Waals surface area contributed by atoms with Crippen LogP contribution in [0.2, 0.25) is 0 Å². The van der Waals surface area contributed by atoms with E-state index in [2.05, 4.69) is 5.32 Å². The van der Waals surface area contributed by atoms with Crippen molar-refractivity contribution in [2.75, 3.05) is 26.0 Å². The average Bonchev–Trinajstić information content (AvgIpc) is 2.82. The van der Waals surface area contributed by atoms with Crippen molar-refractivity contribution >= 4 is 11.6 Å². The molecule has 0 saturated carbocycles. The van der Waals surface area contributed by atoms with Crippen molar-refractivity contribution in [3.63, 3.8) is 0 Å². The molecule has 1 aromatic rings. The van der Waals surface area contributed by atoms with Crippen LogP contribution in [-0.4, -0.2) is 48.2 Å². The molecule has 6 nitrogen and oxygen atoms in total. The molecular formula is C14H23N3O3. The van der Waals surface area contributed by atoms with Crippen molar-refractivity contribution in [1.82, 2.24) is 9.47 Å². The number of anilines is 1. The van der Waals surface area contributed by atoms with E-state index in [1.807, 2.05) is 18.9 Å². The summed E-state index contributed by atoms with van der Waals surface area (Å²) in [6, 6.07) is 2.91. The summed E-state index contributed by atoms with van der Waals surface area (Å²) in [5, 5.41) is 2.86. The standard InChI is InChI=1S/C14H21N3O3.H2/c1-4-17-8-10(5-6-13(17)18)15-14(19)12-7-11(20-3)9-16(12)2;/h5-6,8,11-12H,4,7,9H2,1-3H3,(H,15,19);1H/t11-,12?;/m0./s1. The quantitative estimate of drug-likeness (QED) is 0.885. The van der Waals surface area contributed by atoms with Gasteiger partial charge < -0.3 is 14.6 Å². The van der Waals surface area contributed by atoms with E-state index in [1.165, 1.54) is 6.07 Å². The van der Waals surface area contributed by atoms with Crippen LogP contribution in [0.3, 0.4) is 0 Å². The highest BCUT2D eigenvalue weighted by Gasteiger charge is 2.34. The molecule has 0 spiro atoms. The second-order valence-electron chi connectivity index (χ2n) is 5.08. The Kier molecular flexibility index (Phi) is 4.57. The minimum atomic E-state index is -0.193. The SMILES string of the molecule is CCn1cc(NC(=O)C2C[C@H](OC)CN2C)ccc1=O.[HH]. The molecule has 20 heavy (non-hydrogen) atoms. The van der Waals surface area contributed by atoms with Crippen LogP contribution >= 0.6 is 0 Å². The van der Waals surface area contributed by atoms with Crippen LogP contribution in [0.1, 0.15) is 14.8 Å². The molecule has 1 aromatic heterocycles. The number of aromatic nitrogens is 1. The maximum Gasteiger partial charge on any atom is 0.250 e. The highest BCUT2D eigenvalue weighted by Crippen LogP contribution is 2.19. The number of hydrogen-bond donors (Lipinski definition) is 1. The lowest BCUT2D eigenvalue weighted by molar-refractivity contribution is -0.120. The molecule has 1 unspecified atom stereocenters. The molecule has 2 heterocycles. The number of hydrogen-bond acceptors (Lipinski definition) is 4. The third-order valence-corrected chi connectivity index (χ3v) is 3.74. The van der Waals surface area contributed by atoms with Crippen LogP contribution in [0.4, 0.5) is 5.69 Å². The number of likely N-dealkylation sites (N-methyl/N-ethyl adjacent to an activating group) is 1. The van der Waals surface area contributed by atoms with Gasteiger partial charge >= 0.3 is 0 Å². The van der Waals surface area contributed by atoms with Crippen molar-refractivity contribution in [2.45, 2.75) is 32.0 Å². The summed E-state index contributed by atoms with van der Waals surface area (Å²) < 4.78 is 6.86. The Morgan fingerprint density at radius 3 is 2.90 bits per heavy atom. The molecule has 1 aliphatic rings. The molecule has 0 aromatic carbocycles. The Bertz CT molecular complexity index is 547. The fraction of sp³-hybridized carbons (Fsp3) is 0.571. The minimum Gasteiger partial charge on any atom is -0.380 e. The summed E-state index contributed by atoms with van der Waals surface area (Å²) >= 11 is 0. The van der Waals surface area contributed by atoms with Gasteiger partial charge in [0.15, 0.2) is 0 Å². The number of carbonyl (C=O) groups is 1. The van der Waals surface area contributed by atoms with Crippen LogP contribution in [0.5, 0.6) is 0 Å². The third kappa shape index (κ3) is 3.08. The van der Waals surface area contributed by atoms with Gasteiger partial charge in [0.05, 0.1) is 17.8 Å². The van der Waals surface area contributed by atoms with Gasteiger partial charge in [-0.15, -0.1) is 0 Å².